The van der Waals surface area contributed by atoms with E-state index in [-0.39, 0.29) is 6.04 Å². The molecule has 9 heteroatoms. The van der Waals surface area contributed by atoms with Crippen molar-refractivity contribution in [3.8, 4) is 11.6 Å². The minimum absolute atomic E-state index is 0.321. The second-order valence-corrected chi connectivity index (χ2v) is 8.45. The Balaban J connectivity index is 1.56. The number of H-pyrrole nitrogens is 1. The third-order valence-corrected chi connectivity index (χ3v) is 5.91. The first kappa shape index (κ1) is 20.9. The molecule has 0 saturated heterocycles. The highest BCUT2D eigenvalue weighted by Gasteiger charge is 2.35. The van der Waals surface area contributed by atoms with Gasteiger partial charge in [-0.15, -0.1) is 5.10 Å². The molecule has 0 aliphatic carbocycles. The largest absolute Gasteiger partial charge is 0.402 e. The minimum Gasteiger partial charge on any atom is -0.402 e. The van der Waals surface area contributed by atoms with Crippen LogP contribution in [0.15, 0.2) is 53.1 Å². The van der Waals surface area contributed by atoms with Crippen LogP contribution in [0.2, 0.25) is 0 Å². The lowest BCUT2D eigenvalue weighted by molar-refractivity contribution is 0.503. The van der Waals surface area contributed by atoms with Gasteiger partial charge in [0.1, 0.15) is 11.7 Å². The third-order valence-electron chi connectivity index (χ3n) is 5.91. The number of aryl methyl sites for hydroxylation is 1. The van der Waals surface area contributed by atoms with Crippen molar-refractivity contribution < 1.29 is 4.42 Å². The predicted molar refractivity (Wildman–Crippen MR) is 125 cm³/mol. The quantitative estimate of drug-likeness (QED) is 0.479. The molecule has 0 aromatic carbocycles. The molecule has 4 aromatic rings. The lowest BCUT2D eigenvalue weighted by Crippen LogP contribution is -2.38. The number of rotatable bonds is 5. The number of hydrogen-bond donors (Lipinski definition) is 2. The van der Waals surface area contributed by atoms with Crippen molar-refractivity contribution in [1.82, 2.24) is 30.1 Å². The maximum Gasteiger partial charge on any atom is 0.319 e. The Hall–Kier alpha value is -4.01. The number of nitrogens with zero attached hydrogens (tertiary/aromatic N) is 6. The molecule has 9 nitrogen and oxygen atoms in total. The number of pyridine rings is 2. The summed E-state index contributed by atoms with van der Waals surface area (Å²) >= 11 is 0. The average molecular weight is 443 g/mol. The molecular formula is C24H26N8O. The summed E-state index contributed by atoms with van der Waals surface area (Å²) < 4.78 is 6.08. The number of hydrogen-bond acceptors (Lipinski definition) is 8. The minimum atomic E-state index is -0.361. The highest BCUT2D eigenvalue weighted by molar-refractivity contribution is 5.58. The molecule has 33 heavy (non-hydrogen) atoms. The maximum atomic E-state index is 6.72. The van der Waals surface area contributed by atoms with Crippen LogP contribution in [0.4, 0.5) is 6.01 Å². The summed E-state index contributed by atoms with van der Waals surface area (Å²) in [5, 5.41) is 8.59. The van der Waals surface area contributed by atoms with Crippen molar-refractivity contribution in [3.63, 3.8) is 0 Å². The van der Waals surface area contributed by atoms with Gasteiger partial charge in [-0.3, -0.25) is 9.97 Å². The van der Waals surface area contributed by atoms with E-state index in [9.17, 15) is 0 Å². The van der Waals surface area contributed by atoms with Crippen LogP contribution in [0.5, 0.6) is 0 Å². The van der Waals surface area contributed by atoms with E-state index < -0.39 is 0 Å². The molecule has 0 saturated carbocycles. The molecule has 5 heterocycles. The van der Waals surface area contributed by atoms with Crippen LogP contribution in [-0.2, 0) is 6.42 Å². The fourth-order valence-corrected chi connectivity index (χ4v) is 4.23. The molecule has 4 aromatic heterocycles. The standard InChI is InChI=1S/C24H26N8O/c1-14(2)16-7-5-9-26-19(16)12-17(25)22-21-18(28-13-29-21)8-11-32(22)24-31-30-23(33-24)20-15(3)6-4-10-27-20/h4-7,9-10,12-14,22H,8,11,25H2,1-3H3,(H,28,29)/b17-12-. The van der Waals surface area contributed by atoms with Gasteiger partial charge in [-0.05, 0) is 42.2 Å². The van der Waals surface area contributed by atoms with Crippen LogP contribution in [0, 0.1) is 6.92 Å². The second kappa shape index (κ2) is 8.50. The van der Waals surface area contributed by atoms with Gasteiger partial charge in [0.2, 0.25) is 0 Å². The smallest absolute Gasteiger partial charge is 0.319 e. The number of fused-ring (bicyclic) bond motifs is 1. The lowest BCUT2D eigenvalue weighted by atomic mass is 9.97. The molecule has 1 aliphatic heterocycles. The molecule has 168 valence electrons. The van der Waals surface area contributed by atoms with Gasteiger partial charge >= 0.3 is 6.01 Å². The first-order valence-corrected chi connectivity index (χ1v) is 11.0. The molecule has 1 atom stereocenters. The van der Waals surface area contributed by atoms with Crippen LogP contribution in [0.25, 0.3) is 17.7 Å². The SMILES string of the molecule is Cc1cccnc1-c1nnc(N2CCc3[nH]cnc3C2/C(N)=C/c2ncccc2C(C)C)o1. The van der Waals surface area contributed by atoms with Gasteiger partial charge in [0, 0.05) is 36.8 Å². The predicted octanol–water partition coefficient (Wildman–Crippen LogP) is 3.79. The summed E-state index contributed by atoms with van der Waals surface area (Å²) in [7, 11) is 0. The van der Waals surface area contributed by atoms with E-state index >= 15 is 0 Å². The summed E-state index contributed by atoms with van der Waals surface area (Å²) in [6, 6.07) is 7.89. The average Bonchev–Trinajstić information content (AvgIpc) is 3.48. The Morgan fingerprint density at radius 2 is 2.00 bits per heavy atom. The molecular weight excluding hydrogens is 416 g/mol. The fraction of sp³-hybridized carbons (Fsp3) is 0.292. The number of aromatic amines is 1. The lowest BCUT2D eigenvalue weighted by Gasteiger charge is -2.33. The number of aromatic nitrogens is 6. The van der Waals surface area contributed by atoms with Crippen molar-refractivity contribution in [1.29, 1.82) is 0 Å². The zero-order chi connectivity index (χ0) is 22.9. The van der Waals surface area contributed by atoms with Crippen LogP contribution in [0.3, 0.4) is 0 Å². The number of anilines is 1. The molecule has 0 spiro atoms. The summed E-state index contributed by atoms with van der Waals surface area (Å²) in [6.07, 6.45) is 7.89. The van der Waals surface area contributed by atoms with Crippen LogP contribution >= 0.6 is 0 Å². The van der Waals surface area contributed by atoms with E-state index in [1.165, 1.54) is 0 Å². The van der Waals surface area contributed by atoms with Gasteiger partial charge in [-0.25, -0.2) is 4.98 Å². The van der Waals surface area contributed by atoms with E-state index in [4.69, 9.17) is 10.2 Å². The van der Waals surface area contributed by atoms with Gasteiger partial charge in [0.15, 0.2) is 0 Å². The summed E-state index contributed by atoms with van der Waals surface area (Å²) in [6.45, 7) is 6.90. The Morgan fingerprint density at radius 3 is 2.82 bits per heavy atom. The zero-order valence-electron chi connectivity index (χ0n) is 18.9. The zero-order valence-corrected chi connectivity index (χ0v) is 18.9. The Bertz CT molecular complexity index is 1310. The molecule has 1 aliphatic rings. The molecule has 5 rings (SSSR count). The Morgan fingerprint density at radius 1 is 1.18 bits per heavy atom. The normalized spacial score (nSPS) is 16.3. The van der Waals surface area contributed by atoms with Crippen LogP contribution in [-0.4, -0.2) is 36.7 Å². The Kier molecular flexibility index (Phi) is 5.37. The first-order valence-electron chi connectivity index (χ1n) is 11.0. The molecule has 0 fully saturated rings. The first-order chi connectivity index (χ1) is 16.0. The highest BCUT2D eigenvalue weighted by Crippen LogP contribution is 2.36. The van der Waals surface area contributed by atoms with Gasteiger partial charge in [-0.2, -0.15) is 0 Å². The van der Waals surface area contributed by atoms with E-state index in [1.807, 2.05) is 36.1 Å². The van der Waals surface area contributed by atoms with Crippen molar-refractivity contribution >= 4 is 12.1 Å². The topological polar surface area (TPSA) is 123 Å². The third kappa shape index (κ3) is 3.86. The van der Waals surface area contributed by atoms with Gasteiger partial charge in [0.05, 0.1) is 17.7 Å². The van der Waals surface area contributed by atoms with Gasteiger partial charge in [-0.1, -0.05) is 31.1 Å². The Labute approximate surface area is 191 Å². The fourth-order valence-electron chi connectivity index (χ4n) is 4.23. The van der Waals surface area contributed by atoms with Crippen LogP contribution in [0.1, 0.15) is 54.0 Å². The van der Waals surface area contributed by atoms with Crippen molar-refractivity contribution in [2.24, 2.45) is 5.73 Å². The van der Waals surface area contributed by atoms with Gasteiger partial charge < -0.3 is 20.0 Å². The van der Waals surface area contributed by atoms with E-state index in [0.717, 1.165) is 34.6 Å². The van der Waals surface area contributed by atoms with Gasteiger partial charge in [0.25, 0.3) is 5.89 Å². The summed E-state index contributed by atoms with van der Waals surface area (Å²) in [4.78, 5) is 18.8. The maximum absolute atomic E-state index is 6.72. The molecule has 0 bridgehead atoms. The molecule has 3 N–H and O–H groups in total. The second-order valence-electron chi connectivity index (χ2n) is 8.45. The number of nitrogens with one attached hydrogen (secondary N) is 1. The molecule has 0 radical (unpaired) electrons. The molecule has 1 unspecified atom stereocenters. The van der Waals surface area contributed by atoms with Crippen molar-refractivity contribution in [2.75, 3.05) is 11.4 Å². The molecule has 0 amide bonds. The summed E-state index contributed by atoms with van der Waals surface area (Å²) in [5.41, 5.74) is 12.9. The van der Waals surface area contributed by atoms with Crippen molar-refractivity contribution in [3.05, 3.63) is 76.9 Å². The summed E-state index contributed by atoms with van der Waals surface area (Å²) in [5.74, 6) is 0.699. The highest BCUT2D eigenvalue weighted by atomic mass is 16.4. The van der Waals surface area contributed by atoms with Crippen molar-refractivity contribution in [2.45, 2.75) is 39.2 Å². The number of nitrogens with two attached hydrogens (primary N) is 1. The monoisotopic (exact) mass is 442 g/mol. The van der Waals surface area contributed by atoms with E-state index in [2.05, 4.69) is 50.0 Å². The number of imidazole rings is 1. The van der Waals surface area contributed by atoms with E-state index in [0.29, 0.717) is 35.8 Å². The van der Waals surface area contributed by atoms with E-state index in [1.54, 1.807) is 18.7 Å². The van der Waals surface area contributed by atoms with Crippen LogP contribution < -0.4 is 10.6 Å².